The van der Waals surface area contributed by atoms with Crippen LogP contribution in [0.1, 0.15) is 33.3 Å². The number of aliphatic carboxylic acids is 1. The Labute approximate surface area is 196 Å². The number of carbonyl (C=O) groups excluding carboxylic acids is 1. The first-order chi connectivity index (χ1) is 15.6. The lowest BCUT2D eigenvalue weighted by Crippen LogP contribution is -2.59. The maximum absolute atomic E-state index is 11.6. The Morgan fingerprint density at radius 2 is 1.91 bits per heavy atom. The number of benzene rings is 1. The molecule has 34 heavy (non-hydrogen) atoms. The highest BCUT2D eigenvalue weighted by atomic mass is 19.4. The predicted molar refractivity (Wildman–Crippen MR) is 116 cm³/mol. The van der Waals surface area contributed by atoms with Crippen LogP contribution in [-0.2, 0) is 25.5 Å². The molecule has 0 bridgehead atoms. The molecule has 1 aliphatic heterocycles. The van der Waals surface area contributed by atoms with E-state index in [1.54, 1.807) is 18.2 Å². The standard InChI is InChI=1S/C20H32N2O5.C2HF3O2/c1-13(23)22-16(9-14-6-5-7-15(24)8-14)19(25)17-11-26-18(10-21-17)27-12-20(2,3)4;3-2(4,5)1(6)7/h5-8,16-19,21,24-25H,9-12H2,1-4H3,(H,22,23);(H,6,7)/t16-,17+,18-,19-;/m0./s1. The highest BCUT2D eigenvalue weighted by molar-refractivity contribution is 5.73. The van der Waals surface area contributed by atoms with E-state index in [4.69, 9.17) is 19.4 Å². The van der Waals surface area contributed by atoms with Crippen LogP contribution in [-0.4, -0.2) is 77.6 Å². The summed E-state index contributed by atoms with van der Waals surface area (Å²) in [7, 11) is 0. The van der Waals surface area contributed by atoms with Crippen molar-refractivity contribution in [2.45, 2.75) is 64.8 Å². The van der Waals surface area contributed by atoms with Gasteiger partial charge in [-0.3, -0.25) is 4.79 Å². The normalized spacial score (nSPS) is 20.5. The molecule has 1 fully saturated rings. The summed E-state index contributed by atoms with van der Waals surface area (Å²) in [6.07, 6.45) is -5.88. The number of amides is 1. The van der Waals surface area contributed by atoms with Gasteiger partial charge in [0.05, 0.1) is 31.4 Å². The number of hydrogen-bond acceptors (Lipinski definition) is 7. The zero-order valence-corrected chi connectivity index (χ0v) is 19.6. The zero-order valence-electron chi connectivity index (χ0n) is 19.6. The van der Waals surface area contributed by atoms with Gasteiger partial charge in [0.2, 0.25) is 5.91 Å². The number of morpholine rings is 1. The lowest BCUT2D eigenvalue weighted by atomic mass is 9.95. The van der Waals surface area contributed by atoms with Crippen molar-refractivity contribution in [1.29, 1.82) is 0 Å². The Morgan fingerprint density at radius 3 is 2.35 bits per heavy atom. The highest BCUT2D eigenvalue weighted by Crippen LogP contribution is 2.18. The number of carboxylic acid groups (broad SMARTS) is 1. The molecule has 0 aliphatic carbocycles. The van der Waals surface area contributed by atoms with E-state index < -0.39 is 24.3 Å². The summed E-state index contributed by atoms with van der Waals surface area (Å²) < 4.78 is 43.2. The van der Waals surface area contributed by atoms with Crippen LogP contribution in [0, 0.1) is 5.41 Å². The Kier molecular flexibility index (Phi) is 11.2. The molecule has 0 spiro atoms. The molecule has 1 aromatic carbocycles. The van der Waals surface area contributed by atoms with Gasteiger partial charge >= 0.3 is 12.1 Å². The number of ether oxygens (including phenoxy) is 2. The monoisotopic (exact) mass is 494 g/mol. The fourth-order valence-corrected chi connectivity index (χ4v) is 2.98. The van der Waals surface area contributed by atoms with Crippen molar-refractivity contribution in [3.63, 3.8) is 0 Å². The van der Waals surface area contributed by atoms with Crippen molar-refractivity contribution in [3.05, 3.63) is 29.8 Å². The molecule has 0 aromatic heterocycles. The number of aliphatic hydroxyl groups excluding tert-OH is 1. The average Bonchev–Trinajstić information content (AvgIpc) is 2.70. The molecular formula is C22H33F3N2O7. The molecule has 1 amide bonds. The van der Waals surface area contributed by atoms with Gasteiger partial charge in [0.25, 0.3) is 0 Å². The quantitative estimate of drug-likeness (QED) is 0.387. The number of hydrogen-bond donors (Lipinski definition) is 5. The van der Waals surface area contributed by atoms with E-state index in [1.165, 1.54) is 6.92 Å². The van der Waals surface area contributed by atoms with E-state index in [9.17, 15) is 28.2 Å². The highest BCUT2D eigenvalue weighted by Gasteiger charge is 2.38. The molecule has 2 rings (SSSR count). The van der Waals surface area contributed by atoms with Crippen LogP contribution in [0.3, 0.4) is 0 Å². The first-order valence-electron chi connectivity index (χ1n) is 10.6. The number of carboxylic acids is 1. The molecule has 0 radical (unpaired) electrons. The van der Waals surface area contributed by atoms with Crippen LogP contribution in [0.15, 0.2) is 24.3 Å². The maximum Gasteiger partial charge on any atom is 0.490 e. The molecule has 0 unspecified atom stereocenters. The van der Waals surface area contributed by atoms with Crippen LogP contribution in [0.5, 0.6) is 5.75 Å². The Morgan fingerprint density at radius 1 is 1.29 bits per heavy atom. The van der Waals surface area contributed by atoms with Crippen molar-refractivity contribution >= 4 is 11.9 Å². The van der Waals surface area contributed by atoms with E-state index in [0.717, 1.165) is 5.56 Å². The minimum absolute atomic E-state index is 0.0530. The van der Waals surface area contributed by atoms with E-state index >= 15 is 0 Å². The van der Waals surface area contributed by atoms with Crippen molar-refractivity contribution in [2.24, 2.45) is 5.41 Å². The molecule has 4 atom stereocenters. The number of phenols is 1. The number of aliphatic hydroxyl groups is 1. The van der Waals surface area contributed by atoms with Crippen molar-refractivity contribution < 1.29 is 47.6 Å². The molecule has 0 saturated carbocycles. The number of rotatable bonds is 7. The van der Waals surface area contributed by atoms with Gasteiger partial charge in [-0.1, -0.05) is 32.9 Å². The summed E-state index contributed by atoms with van der Waals surface area (Å²) in [6, 6.07) is 5.97. The predicted octanol–water partition coefficient (Wildman–Crippen LogP) is 1.81. The minimum Gasteiger partial charge on any atom is -0.508 e. The number of carbonyl (C=O) groups is 2. The van der Waals surface area contributed by atoms with Gasteiger partial charge in [0, 0.05) is 13.5 Å². The molecular weight excluding hydrogens is 461 g/mol. The number of aromatic hydroxyl groups is 1. The maximum atomic E-state index is 11.6. The summed E-state index contributed by atoms with van der Waals surface area (Å²) in [6.45, 7) is 9.03. The van der Waals surface area contributed by atoms with Crippen molar-refractivity contribution in [3.8, 4) is 5.75 Å². The summed E-state index contributed by atoms with van der Waals surface area (Å²) in [4.78, 5) is 20.5. The first-order valence-corrected chi connectivity index (χ1v) is 10.6. The number of alkyl halides is 3. The van der Waals surface area contributed by atoms with Gasteiger partial charge < -0.3 is 35.4 Å². The Bertz CT molecular complexity index is 791. The Hall–Kier alpha value is -2.41. The third-order valence-corrected chi connectivity index (χ3v) is 4.53. The van der Waals surface area contributed by atoms with Crippen LogP contribution in [0.4, 0.5) is 13.2 Å². The molecule has 5 N–H and O–H groups in total. The second kappa shape index (κ2) is 12.9. The van der Waals surface area contributed by atoms with Gasteiger partial charge in [0.1, 0.15) is 5.75 Å². The van der Waals surface area contributed by atoms with Crippen LogP contribution < -0.4 is 10.6 Å². The van der Waals surface area contributed by atoms with Gasteiger partial charge in [-0.05, 0) is 29.5 Å². The first kappa shape index (κ1) is 29.6. The summed E-state index contributed by atoms with van der Waals surface area (Å²) in [5.74, 6) is -2.82. The smallest absolute Gasteiger partial charge is 0.490 e. The van der Waals surface area contributed by atoms with Crippen molar-refractivity contribution in [2.75, 3.05) is 19.8 Å². The van der Waals surface area contributed by atoms with Crippen LogP contribution in [0.25, 0.3) is 0 Å². The van der Waals surface area contributed by atoms with Crippen molar-refractivity contribution in [1.82, 2.24) is 10.6 Å². The lowest BCUT2D eigenvalue weighted by molar-refractivity contribution is -0.192. The number of phenolic OH excluding ortho intramolecular Hbond substituents is 1. The van der Waals surface area contributed by atoms with Gasteiger partial charge in [-0.15, -0.1) is 0 Å². The van der Waals surface area contributed by atoms with E-state index in [1.807, 2.05) is 6.07 Å². The number of nitrogens with one attached hydrogen (secondary N) is 2. The largest absolute Gasteiger partial charge is 0.508 e. The third kappa shape index (κ3) is 11.6. The fourth-order valence-electron chi connectivity index (χ4n) is 2.98. The third-order valence-electron chi connectivity index (χ3n) is 4.53. The topological polar surface area (TPSA) is 137 Å². The molecule has 1 saturated heterocycles. The van der Waals surface area contributed by atoms with Gasteiger partial charge in [0.15, 0.2) is 6.29 Å². The summed E-state index contributed by atoms with van der Waals surface area (Å²) in [5.41, 5.74) is 0.883. The molecule has 194 valence electrons. The molecule has 1 heterocycles. The molecule has 9 nitrogen and oxygen atoms in total. The summed E-state index contributed by atoms with van der Waals surface area (Å²) in [5, 5.41) is 33.6. The second-order valence-corrected chi connectivity index (χ2v) is 9.12. The van der Waals surface area contributed by atoms with Crippen LogP contribution >= 0.6 is 0 Å². The molecule has 1 aromatic rings. The van der Waals surface area contributed by atoms with E-state index in [2.05, 4.69) is 31.4 Å². The Balaban J connectivity index is 0.000000718. The molecule has 1 aliphatic rings. The second-order valence-electron chi connectivity index (χ2n) is 9.12. The SMILES string of the molecule is CC(=O)N[C@@H](Cc1cccc(O)c1)[C@H](O)[C@H]1CO[C@@H](OCC(C)(C)C)CN1.O=C(O)C(F)(F)F. The zero-order chi connectivity index (χ0) is 26.1. The van der Waals surface area contributed by atoms with Gasteiger partial charge in [-0.2, -0.15) is 13.2 Å². The van der Waals surface area contributed by atoms with Crippen LogP contribution in [0.2, 0.25) is 0 Å². The summed E-state index contributed by atoms with van der Waals surface area (Å²) >= 11 is 0. The van der Waals surface area contributed by atoms with Gasteiger partial charge in [-0.25, -0.2) is 4.79 Å². The lowest BCUT2D eigenvalue weighted by Gasteiger charge is -2.36. The van der Waals surface area contributed by atoms with E-state index in [-0.39, 0.29) is 36.0 Å². The fraction of sp³-hybridized carbons (Fsp3) is 0.636. The van der Waals surface area contributed by atoms with E-state index in [0.29, 0.717) is 19.6 Å². The average molecular weight is 495 g/mol. The molecule has 12 heteroatoms. The minimum atomic E-state index is -5.08. The number of halogens is 3.